The van der Waals surface area contributed by atoms with E-state index < -0.39 is 15.9 Å². The summed E-state index contributed by atoms with van der Waals surface area (Å²) in [4.78, 5) is 20.4. The fourth-order valence-electron chi connectivity index (χ4n) is 3.20. The molecule has 2 aromatic heterocycles. The maximum Gasteiger partial charge on any atom is 0.321 e. The Kier molecular flexibility index (Phi) is 8.03. The average Bonchev–Trinajstić information content (AvgIpc) is 3.38. The van der Waals surface area contributed by atoms with E-state index in [1.165, 1.54) is 50.6 Å². The van der Waals surface area contributed by atoms with E-state index in [4.69, 9.17) is 30.2 Å². The normalized spacial score (nSPS) is 11.1. The highest BCUT2D eigenvalue weighted by Crippen LogP contribution is 2.24. The Hall–Kier alpha value is -4.29. The number of carbonyl (C=O) groups is 1. The second kappa shape index (κ2) is 11.4. The molecule has 0 unspecified atom stereocenters. The second-order valence-corrected chi connectivity index (χ2v) is 9.92. The van der Waals surface area contributed by atoms with E-state index in [9.17, 15) is 13.2 Å². The van der Waals surface area contributed by atoms with E-state index >= 15 is 0 Å². The molecule has 38 heavy (non-hydrogen) atoms. The number of hydrogen-bond donors (Lipinski definition) is 2. The molecule has 0 spiro atoms. The smallest absolute Gasteiger partial charge is 0.321 e. The van der Waals surface area contributed by atoms with Crippen LogP contribution in [0.15, 0.2) is 70.0 Å². The number of amides is 1. The van der Waals surface area contributed by atoms with Crippen LogP contribution in [0.4, 0.5) is 11.5 Å². The fraction of sp³-hybridized carbons (Fsp3) is 0.160. The average molecular weight is 559 g/mol. The van der Waals surface area contributed by atoms with Crippen LogP contribution in [-0.2, 0) is 16.6 Å². The Morgan fingerprint density at radius 1 is 1.00 bits per heavy atom. The predicted molar refractivity (Wildman–Crippen MR) is 140 cm³/mol. The van der Waals surface area contributed by atoms with Gasteiger partial charge in [-0.25, -0.2) is 8.42 Å². The lowest BCUT2D eigenvalue weighted by atomic mass is 10.2. The number of rotatable bonds is 10. The van der Waals surface area contributed by atoms with E-state index in [1.807, 2.05) is 6.92 Å². The minimum absolute atomic E-state index is 0.0325. The van der Waals surface area contributed by atoms with Crippen molar-refractivity contribution < 1.29 is 31.8 Å². The molecule has 198 valence electrons. The van der Waals surface area contributed by atoms with Gasteiger partial charge in [0, 0.05) is 16.8 Å². The molecule has 0 fully saturated rings. The lowest BCUT2D eigenvalue weighted by Crippen LogP contribution is -2.15. The van der Waals surface area contributed by atoms with Crippen LogP contribution in [0.2, 0.25) is 5.02 Å². The number of hydrogen-bond acceptors (Lipinski definition) is 9. The molecular weight excluding hydrogens is 536 g/mol. The number of ether oxygens (including phenoxy) is 3. The van der Waals surface area contributed by atoms with E-state index in [0.29, 0.717) is 22.2 Å². The van der Waals surface area contributed by atoms with Crippen LogP contribution in [0.3, 0.4) is 0 Å². The van der Waals surface area contributed by atoms with Gasteiger partial charge in [0.1, 0.15) is 18.1 Å². The molecule has 2 aromatic carbocycles. The minimum atomic E-state index is -4.00. The lowest BCUT2D eigenvalue weighted by Gasteiger charge is -2.10. The van der Waals surface area contributed by atoms with Gasteiger partial charge in [-0.1, -0.05) is 11.6 Å². The van der Waals surface area contributed by atoms with Crippen LogP contribution < -0.4 is 24.2 Å². The number of carbonyl (C=O) groups excluding carboxylic acids is 1. The molecule has 0 saturated heterocycles. The summed E-state index contributed by atoms with van der Waals surface area (Å²) in [5.74, 6) is 0.730. The van der Waals surface area contributed by atoms with Crippen molar-refractivity contribution in [3.8, 4) is 17.6 Å². The van der Waals surface area contributed by atoms with Crippen LogP contribution in [0.5, 0.6) is 17.6 Å². The number of nitrogens with one attached hydrogen (secondary N) is 2. The quantitative estimate of drug-likeness (QED) is 0.283. The Balaban J connectivity index is 1.37. The first kappa shape index (κ1) is 26.8. The topological polar surface area (TPSA) is 142 Å². The molecule has 1 amide bonds. The van der Waals surface area contributed by atoms with Crippen LogP contribution in [0.25, 0.3) is 0 Å². The molecular formula is C25H23ClN4O7S. The lowest BCUT2D eigenvalue weighted by molar-refractivity contribution is 0.0992. The van der Waals surface area contributed by atoms with Gasteiger partial charge in [0.2, 0.25) is 5.88 Å². The maximum atomic E-state index is 12.8. The Bertz CT molecular complexity index is 1530. The largest absolute Gasteiger partial charge is 0.486 e. The number of anilines is 2. The summed E-state index contributed by atoms with van der Waals surface area (Å²) in [5.41, 5.74) is 1.25. The van der Waals surface area contributed by atoms with E-state index in [2.05, 4.69) is 20.0 Å². The van der Waals surface area contributed by atoms with Crippen molar-refractivity contribution >= 4 is 39.0 Å². The summed E-state index contributed by atoms with van der Waals surface area (Å²) < 4.78 is 49.1. The maximum absolute atomic E-state index is 12.8. The fourth-order valence-corrected chi connectivity index (χ4v) is 4.31. The van der Waals surface area contributed by atoms with Gasteiger partial charge >= 0.3 is 6.01 Å². The monoisotopic (exact) mass is 558 g/mol. The van der Waals surface area contributed by atoms with Gasteiger partial charge in [0.25, 0.3) is 15.9 Å². The molecule has 2 heterocycles. The standard InChI is InChI=1S/C25H23ClN4O7S/c1-15-12-17(6-10-20(15)26)36-14-18-7-11-21(37-18)24(31)27-16-4-8-19(9-5-16)38(32,33)30-22-13-23(34-2)29-25(28-22)35-3/h4-13H,14H2,1-3H3,(H,27,31)(H,28,29,30). The van der Waals surface area contributed by atoms with E-state index in [-0.39, 0.29) is 35.0 Å². The molecule has 13 heteroatoms. The molecule has 4 aromatic rings. The van der Waals surface area contributed by atoms with Crippen molar-refractivity contribution in [3.05, 3.63) is 82.8 Å². The summed E-state index contributed by atoms with van der Waals surface area (Å²) in [5, 5.41) is 3.30. The Morgan fingerprint density at radius 3 is 2.45 bits per heavy atom. The number of methoxy groups -OCH3 is 2. The molecule has 0 radical (unpaired) electrons. The van der Waals surface area contributed by atoms with Gasteiger partial charge in [0.05, 0.1) is 19.1 Å². The summed E-state index contributed by atoms with van der Waals surface area (Å²) >= 11 is 6.02. The molecule has 2 N–H and O–H groups in total. The molecule has 0 aliphatic heterocycles. The van der Waals surface area contributed by atoms with Crippen LogP contribution in [-0.4, -0.2) is 38.5 Å². The highest BCUT2D eigenvalue weighted by Gasteiger charge is 2.18. The third kappa shape index (κ3) is 6.52. The Labute approximate surface area is 223 Å². The highest BCUT2D eigenvalue weighted by molar-refractivity contribution is 7.92. The third-order valence-corrected chi connectivity index (χ3v) is 6.93. The van der Waals surface area contributed by atoms with Gasteiger partial charge in [0.15, 0.2) is 11.6 Å². The van der Waals surface area contributed by atoms with Crippen LogP contribution in [0.1, 0.15) is 21.9 Å². The molecule has 0 aliphatic carbocycles. The zero-order valence-electron chi connectivity index (χ0n) is 20.5. The van der Waals surface area contributed by atoms with E-state index in [1.54, 1.807) is 24.3 Å². The number of halogens is 1. The van der Waals surface area contributed by atoms with Crippen molar-refractivity contribution in [1.82, 2.24) is 9.97 Å². The molecule has 11 nitrogen and oxygen atoms in total. The molecule has 0 atom stereocenters. The number of benzene rings is 2. The molecule has 4 rings (SSSR count). The number of nitrogens with zero attached hydrogens (tertiary/aromatic N) is 2. The molecule has 0 aliphatic rings. The van der Waals surface area contributed by atoms with Crippen molar-refractivity contribution in [2.24, 2.45) is 0 Å². The van der Waals surface area contributed by atoms with Crippen LogP contribution in [0, 0.1) is 6.92 Å². The summed E-state index contributed by atoms with van der Waals surface area (Å²) in [6, 6.07) is 15.3. The number of sulfonamides is 1. The van der Waals surface area contributed by atoms with Gasteiger partial charge in [-0.05, 0) is 67.1 Å². The number of aryl methyl sites for hydroxylation is 1. The molecule has 0 saturated carbocycles. The summed E-state index contributed by atoms with van der Waals surface area (Å²) in [7, 11) is -1.27. The highest BCUT2D eigenvalue weighted by atomic mass is 35.5. The van der Waals surface area contributed by atoms with Crippen molar-refractivity contribution in [3.63, 3.8) is 0 Å². The number of aromatic nitrogens is 2. The second-order valence-electron chi connectivity index (χ2n) is 7.83. The third-order valence-electron chi connectivity index (χ3n) is 5.13. The van der Waals surface area contributed by atoms with Crippen molar-refractivity contribution in [1.29, 1.82) is 0 Å². The van der Waals surface area contributed by atoms with Gasteiger partial charge in [-0.2, -0.15) is 9.97 Å². The first-order valence-corrected chi connectivity index (χ1v) is 12.9. The summed E-state index contributed by atoms with van der Waals surface area (Å²) in [6.45, 7) is 1.99. The zero-order chi connectivity index (χ0) is 27.3. The predicted octanol–water partition coefficient (Wildman–Crippen LogP) is 4.68. The van der Waals surface area contributed by atoms with Crippen molar-refractivity contribution in [2.75, 3.05) is 24.3 Å². The van der Waals surface area contributed by atoms with Gasteiger partial charge < -0.3 is 23.9 Å². The minimum Gasteiger partial charge on any atom is -0.486 e. The van der Waals surface area contributed by atoms with Gasteiger partial charge in [-0.3, -0.25) is 9.52 Å². The first-order valence-electron chi connectivity index (χ1n) is 11.1. The zero-order valence-corrected chi connectivity index (χ0v) is 22.1. The Morgan fingerprint density at radius 2 is 1.76 bits per heavy atom. The van der Waals surface area contributed by atoms with Crippen LogP contribution >= 0.6 is 11.6 Å². The SMILES string of the molecule is COc1cc(NS(=O)(=O)c2ccc(NC(=O)c3ccc(COc4ccc(Cl)c(C)c4)o3)cc2)nc(OC)n1. The summed E-state index contributed by atoms with van der Waals surface area (Å²) in [6.07, 6.45) is 0. The number of furan rings is 1. The van der Waals surface area contributed by atoms with E-state index in [0.717, 1.165) is 5.56 Å². The molecule has 0 bridgehead atoms. The van der Waals surface area contributed by atoms with Crippen molar-refractivity contribution in [2.45, 2.75) is 18.4 Å². The van der Waals surface area contributed by atoms with Gasteiger partial charge in [-0.15, -0.1) is 0 Å². The first-order chi connectivity index (χ1) is 18.2.